The van der Waals surface area contributed by atoms with E-state index in [4.69, 9.17) is 19.9 Å². The molecule has 0 N–H and O–H groups in total. The summed E-state index contributed by atoms with van der Waals surface area (Å²) < 4.78 is 0. The van der Waals surface area contributed by atoms with Crippen LogP contribution in [0, 0.1) is 0 Å². The van der Waals surface area contributed by atoms with Crippen molar-refractivity contribution in [2.24, 2.45) is 0 Å². The van der Waals surface area contributed by atoms with Crippen LogP contribution in [0.15, 0.2) is 206 Å². The van der Waals surface area contributed by atoms with E-state index in [1.54, 1.807) is 0 Å². The Morgan fingerprint density at radius 1 is 0.300 bits per heavy atom. The minimum absolute atomic E-state index is 0.560. The zero-order valence-corrected chi connectivity index (χ0v) is 33.1. The molecule has 280 valence electrons. The van der Waals surface area contributed by atoms with E-state index < -0.39 is 5.41 Å². The van der Waals surface area contributed by atoms with Crippen molar-refractivity contribution in [2.75, 3.05) is 0 Å². The maximum absolute atomic E-state index is 5.26. The molecular formula is C55H34N4S. The van der Waals surface area contributed by atoms with Gasteiger partial charge in [-0.1, -0.05) is 170 Å². The normalized spacial score (nSPS) is 12.8. The molecule has 0 bridgehead atoms. The van der Waals surface area contributed by atoms with Gasteiger partial charge in [-0.2, -0.15) is 0 Å². The molecule has 12 rings (SSSR count). The Morgan fingerprint density at radius 3 is 1.12 bits per heavy atom. The van der Waals surface area contributed by atoms with Crippen molar-refractivity contribution in [1.29, 1.82) is 0 Å². The van der Waals surface area contributed by atoms with Crippen molar-refractivity contribution >= 4 is 11.3 Å². The predicted molar refractivity (Wildman–Crippen MR) is 244 cm³/mol. The first-order valence-corrected chi connectivity index (χ1v) is 21.1. The highest BCUT2D eigenvalue weighted by atomic mass is 32.1. The standard InChI is InChI=1S/C55H34N4S/c1-5-15-35(16-6-1)48-33-49(36-17-7-2-8-18-36)57-53(56-48)39-25-27-42-43-28-26-40(54-58-50(37-19-9-3-10-20-37)34-51(59-54)38-21-11-4-12-22-38)32-47(43)55(46(42)31-39)45-24-14-13-23-41(45)44-29-30-60-52(44)55/h1-34H. The molecule has 0 atom stereocenters. The van der Waals surface area contributed by atoms with Crippen molar-refractivity contribution < 1.29 is 0 Å². The van der Waals surface area contributed by atoms with Crippen molar-refractivity contribution in [2.45, 2.75) is 5.41 Å². The lowest BCUT2D eigenvalue weighted by Gasteiger charge is -2.29. The molecule has 60 heavy (non-hydrogen) atoms. The maximum atomic E-state index is 5.26. The fourth-order valence-electron chi connectivity index (χ4n) is 9.30. The highest BCUT2D eigenvalue weighted by Crippen LogP contribution is 2.64. The van der Waals surface area contributed by atoms with Gasteiger partial charge < -0.3 is 0 Å². The van der Waals surface area contributed by atoms with Crippen molar-refractivity contribution in [3.8, 4) is 90.1 Å². The molecule has 1 spiro atoms. The topological polar surface area (TPSA) is 51.6 Å². The Kier molecular flexibility index (Phi) is 7.90. The van der Waals surface area contributed by atoms with Gasteiger partial charge in [0.25, 0.3) is 0 Å². The van der Waals surface area contributed by atoms with Crippen LogP contribution in [0.2, 0.25) is 0 Å². The van der Waals surface area contributed by atoms with Crippen molar-refractivity contribution in [3.05, 3.63) is 227 Å². The second kappa shape index (κ2) is 13.8. The van der Waals surface area contributed by atoms with Gasteiger partial charge in [0.1, 0.15) is 0 Å². The lowest BCUT2D eigenvalue weighted by atomic mass is 9.73. The Bertz CT molecular complexity index is 2960. The molecule has 7 aromatic carbocycles. The number of hydrogen-bond acceptors (Lipinski definition) is 5. The Morgan fingerprint density at radius 2 is 0.683 bits per heavy atom. The third kappa shape index (κ3) is 5.37. The third-order valence-corrected chi connectivity index (χ3v) is 13.0. The molecule has 5 heteroatoms. The van der Waals surface area contributed by atoms with Gasteiger partial charge >= 0.3 is 0 Å². The van der Waals surface area contributed by atoms with Gasteiger partial charge in [0.2, 0.25) is 0 Å². The molecule has 0 fully saturated rings. The number of fused-ring (bicyclic) bond motifs is 10. The molecular weight excluding hydrogens is 749 g/mol. The maximum Gasteiger partial charge on any atom is 0.160 e. The minimum Gasteiger partial charge on any atom is -0.228 e. The summed E-state index contributed by atoms with van der Waals surface area (Å²) in [6.07, 6.45) is 0. The van der Waals surface area contributed by atoms with E-state index in [0.29, 0.717) is 11.6 Å². The van der Waals surface area contributed by atoms with Gasteiger partial charge in [-0.05, 0) is 74.7 Å². The van der Waals surface area contributed by atoms with Gasteiger partial charge in [-0.3, -0.25) is 0 Å². The average molecular weight is 783 g/mol. The second-order valence-electron chi connectivity index (χ2n) is 15.4. The smallest absolute Gasteiger partial charge is 0.160 e. The van der Waals surface area contributed by atoms with Crippen LogP contribution in [0.1, 0.15) is 21.6 Å². The van der Waals surface area contributed by atoms with Crippen LogP contribution in [-0.2, 0) is 5.41 Å². The first-order chi connectivity index (χ1) is 29.7. The Labute approximate surface area is 352 Å². The summed E-state index contributed by atoms with van der Waals surface area (Å²) in [5.74, 6) is 1.39. The molecule has 3 heterocycles. The third-order valence-electron chi connectivity index (χ3n) is 12.0. The minimum atomic E-state index is -0.560. The lowest BCUT2D eigenvalue weighted by molar-refractivity contribution is 0.811. The van der Waals surface area contributed by atoms with Gasteiger partial charge in [-0.15, -0.1) is 11.3 Å². The predicted octanol–water partition coefficient (Wildman–Crippen LogP) is 13.7. The van der Waals surface area contributed by atoms with Crippen LogP contribution in [0.25, 0.3) is 90.1 Å². The van der Waals surface area contributed by atoms with Crippen LogP contribution in [0.5, 0.6) is 0 Å². The van der Waals surface area contributed by atoms with Crippen LogP contribution >= 0.6 is 11.3 Å². The zero-order valence-electron chi connectivity index (χ0n) is 32.3. The van der Waals surface area contributed by atoms with E-state index in [1.165, 1.54) is 43.8 Å². The summed E-state index contributed by atoms with van der Waals surface area (Å²) in [5, 5.41) is 2.24. The second-order valence-corrected chi connectivity index (χ2v) is 16.3. The van der Waals surface area contributed by atoms with E-state index in [0.717, 1.165) is 56.2 Å². The molecule has 0 unspecified atom stereocenters. The van der Waals surface area contributed by atoms with E-state index in [-0.39, 0.29) is 0 Å². The number of aromatic nitrogens is 4. The van der Waals surface area contributed by atoms with Gasteiger partial charge in [0.05, 0.1) is 28.2 Å². The van der Waals surface area contributed by atoms with Crippen molar-refractivity contribution in [1.82, 2.24) is 19.9 Å². The summed E-state index contributed by atoms with van der Waals surface area (Å²) in [4.78, 5) is 22.4. The van der Waals surface area contributed by atoms with E-state index >= 15 is 0 Å². The first kappa shape index (κ1) is 34.4. The van der Waals surface area contributed by atoms with E-state index in [2.05, 4.69) is 181 Å². The average Bonchev–Trinajstić information content (AvgIpc) is 4.01. The largest absolute Gasteiger partial charge is 0.228 e. The summed E-state index contributed by atoms with van der Waals surface area (Å²) >= 11 is 1.83. The van der Waals surface area contributed by atoms with Gasteiger partial charge in [0.15, 0.2) is 11.6 Å². The summed E-state index contributed by atoms with van der Waals surface area (Å²) in [5.41, 5.74) is 17.9. The zero-order chi connectivity index (χ0) is 39.6. The highest BCUT2D eigenvalue weighted by Gasteiger charge is 2.53. The Balaban J connectivity index is 1.09. The van der Waals surface area contributed by atoms with Gasteiger partial charge in [0, 0.05) is 38.3 Å². The molecule has 10 aromatic rings. The molecule has 0 saturated heterocycles. The summed E-state index contributed by atoms with van der Waals surface area (Å²) in [7, 11) is 0. The van der Waals surface area contributed by atoms with E-state index in [9.17, 15) is 0 Å². The number of thiophene rings is 1. The summed E-state index contributed by atoms with van der Waals surface area (Å²) in [6, 6.07) is 70.7. The fourth-order valence-corrected chi connectivity index (χ4v) is 10.4. The summed E-state index contributed by atoms with van der Waals surface area (Å²) in [6.45, 7) is 0. The lowest BCUT2D eigenvalue weighted by Crippen LogP contribution is -2.25. The monoisotopic (exact) mass is 782 g/mol. The van der Waals surface area contributed by atoms with Gasteiger partial charge in [-0.25, -0.2) is 19.9 Å². The van der Waals surface area contributed by atoms with Crippen LogP contribution in [0.3, 0.4) is 0 Å². The Hall–Kier alpha value is -7.60. The number of hydrogen-bond donors (Lipinski definition) is 0. The number of rotatable bonds is 6. The number of benzene rings is 7. The fraction of sp³-hybridized carbons (Fsp3) is 0.0182. The van der Waals surface area contributed by atoms with Crippen LogP contribution < -0.4 is 0 Å². The van der Waals surface area contributed by atoms with E-state index in [1.807, 2.05) is 35.6 Å². The molecule has 2 aliphatic rings. The quantitative estimate of drug-likeness (QED) is 0.169. The number of nitrogens with zero attached hydrogens (tertiary/aromatic N) is 4. The highest BCUT2D eigenvalue weighted by molar-refractivity contribution is 7.11. The van der Waals surface area contributed by atoms with Crippen LogP contribution in [0.4, 0.5) is 0 Å². The molecule has 2 aliphatic carbocycles. The molecule has 0 amide bonds. The molecule has 4 nitrogen and oxygen atoms in total. The SMILES string of the molecule is c1ccc(-c2cc(-c3ccccc3)nc(-c3ccc4c(c3)C3(c5cc(-c6nc(-c7ccccc7)cc(-c7ccccc7)n6)ccc5-4)c4ccccc4-c4ccsc43)n2)cc1. The molecule has 0 radical (unpaired) electrons. The molecule has 0 aliphatic heterocycles. The van der Waals surface area contributed by atoms with Crippen LogP contribution in [-0.4, -0.2) is 19.9 Å². The first-order valence-electron chi connectivity index (χ1n) is 20.2. The molecule has 3 aromatic heterocycles. The van der Waals surface area contributed by atoms with Crippen molar-refractivity contribution in [3.63, 3.8) is 0 Å². The molecule has 0 saturated carbocycles.